The highest BCUT2D eigenvalue weighted by atomic mass is 32.2. The molecular weight excluding hydrogens is 387 g/mol. The number of nitrogens with zero attached hydrogens (tertiary/aromatic N) is 1. The van der Waals surface area contributed by atoms with E-state index in [0.29, 0.717) is 17.0 Å². The molecule has 0 saturated carbocycles. The van der Waals surface area contributed by atoms with E-state index < -0.39 is 5.82 Å². The van der Waals surface area contributed by atoms with Gasteiger partial charge in [-0.05, 0) is 56.1 Å². The molecule has 1 aliphatic heterocycles. The third kappa shape index (κ3) is 6.68. The molecule has 1 heterocycles. The highest BCUT2D eigenvalue weighted by Crippen LogP contribution is 2.22. The molecule has 0 bridgehead atoms. The van der Waals surface area contributed by atoms with E-state index in [9.17, 15) is 14.0 Å². The van der Waals surface area contributed by atoms with Gasteiger partial charge in [0.1, 0.15) is 5.82 Å². The van der Waals surface area contributed by atoms with Gasteiger partial charge in [-0.15, -0.1) is 11.8 Å². The van der Waals surface area contributed by atoms with Crippen molar-refractivity contribution in [1.82, 2.24) is 10.2 Å². The molecule has 0 atom stereocenters. The van der Waals surface area contributed by atoms with Crippen molar-refractivity contribution in [2.75, 3.05) is 18.8 Å². The van der Waals surface area contributed by atoms with Gasteiger partial charge in [-0.2, -0.15) is 0 Å². The van der Waals surface area contributed by atoms with Gasteiger partial charge >= 0.3 is 0 Å². The lowest BCUT2D eigenvalue weighted by Gasteiger charge is -2.26. The number of amides is 1. The Morgan fingerprint density at radius 2 is 1.72 bits per heavy atom. The first-order valence-electron chi connectivity index (χ1n) is 10.0. The van der Waals surface area contributed by atoms with Crippen LogP contribution in [0.4, 0.5) is 4.39 Å². The van der Waals surface area contributed by atoms with Gasteiger partial charge in [-0.25, -0.2) is 4.39 Å². The van der Waals surface area contributed by atoms with Crippen molar-refractivity contribution in [3.63, 3.8) is 0 Å². The van der Waals surface area contributed by atoms with Crippen molar-refractivity contribution in [3.8, 4) is 0 Å². The van der Waals surface area contributed by atoms with Crippen molar-refractivity contribution in [3.05, 3.63) is 65.0 Å². The fraction of sp³-hybridized carbons (Fsp3) is 0.391. The van der Waals surface area contributed by atoms with E-state index in [2.05, 4.69) is 22.3 Å². The van der Waals surface area contributed by atoms with Gasteiger partial charge in [0, 0.05) is 23.5 Å². The van der Waals surface area contributed by atoms with Crippen LogP contribution in [0.2, 0.25) is 0 Å². The Morgan fingerprint density at radius 3 is 2.38 bits per heavy atom. The number of hydrogen-bond acceptors (Lipinski definition) is 4. The van der Waals surface area contributed by atoms with Crippen LogP contribution in [0.3, 0.4) is 0 Å². The number of carbonyl (C=O) groups excluding carboxylic acids is 2. The Labute approximate surface area is 175 Å². The summed E-state index contributed by atoms with van der Waals surface area (Å²) in [4.78, 5) is 26.2. The lowest BCUT2D eigenvalue weighted by Crippen LogP contribution is -2.29. The van der Waals surface area contributed by atoms with Crippen molar-refractivity contribution >= 4 is 23.5 Å². The fourth-order valence-corrected chi connectivity index (χ4v) is 4.12. The summed E-state index contributed by atoms with van der Waals surface area (Å²) in [5.41, 5.74) is 2.67. The van der Waals surface area contributed by atoms with Crippen LogP contribution in [-0.2, 0) is 17.9 Å². The predicted molar refractivity (Wildman–Crippen MR) is 115 cm³/mol. The Kier molecular flexibility index (Phi) is 7.83. The minimum Gasteiger partial charge on any atom is -0.351 e. The van der Waals surface area contributed by atoms with Crippen molar-refractivity contribution in [2.24, 2.45) is 0 Å². The standard InChI is InChI=1S/C23H27FN2O2S/c1-17(27)20-9-10-22(21(24)13-20)29-16-23(28)25-14-18-5-7-19(8-6-18)15-26-11-3-2-4-12-26/h5-10,13H,2-4,11-12,14-16H2,1H3,(H,25,28). The summed E-state index contributed by atoms with van der Waals surface area (Å²) in [6.07, 6.45) is 3.91. The van der Waals surface area contributed by atoms with Gasteiger partial charge in [0.05, 0.1) is 5.75 Å². The maximum Gasteiger partial charge on any atom is 0.230 e. The van der Waals surface area contributed by atoms with Crippen LogP contribution in [0.1, 0.15) is 47.7 Å². The molecule has 29 heavy (non-hydrogen) atoms. The lowest BCUT2D eigenvalue weighted by molar-refractivity contribution is -0.118. The van der Waals surface area contributed by atoms with Gasteiger partial charge in [0.15, 0.2) is 5.78 Å². The van der Waals surface area contributed by atoms with Gasteiger partial charge in [-0.1, -0.05) is 36.8 Å². The molecular formula is C23H27FN2O2S. The maximum atomic E-state index is 14.0. The van der Waals surface area contributed by atoms with Crippen LogP contribution >= 0.6 is 11.8 Å². The number of ketones is 1. The van der Waals surface area contributed by atoms with Crippen molar-refractivity contribution < 1.29 is 14.0 Å². The number of halogens is 1. The summed E-state index contributed by atoms with van der Waals surface area (Å²) in [6.45, 7) is 5.18. The van der Waals surface area contributed by atoms with Crippen LogP contribution in [-0.4, -0.2) is 35.4 Å². The molecule has 2 aromatic carbocycles. The zero-order valence-electron chi connectivity index (χ0n) is 16.7. The first kappa shape index (κ1) is 21.5. The van der Waals surface area contributed by atoms with E-state index in [1.807, 2.05) is 12.1 Å². The van der Waals surface area contributed by atoms with Crippen LogP contribution in [0, 0.1) is 5.82 Å². The number of nitrogens with one attached hydrogen (secondary N) is 1. The third-order valence-corrected chi connectivity index (χ3v) is 6.11. The van der Waals surface area contributed by atoms with E-state index in [-0.39, 0.29) is 17.4 Å². The van der Waals surface area contributed by atoms with Crippen molar-refractivity contribution in [2.45, 2.75) is 44.2 Å². The zero-order valence-corrected chi connectivity index (χ0v) is 17.6. The third-order valence-electron chi connectivity index (χ3n) is 5.06. The quantitative estimate of drug-likeness (QED) is 0.513. The average Bonchev–Trinajstić information content (AvgIpc) is 2.73. The molecule has 2 aromatic rings. The summed E-state index contributed by atoms with van der Waals surface area (Å²) in [5.74, 6) is -0.675. The second kappa shape index (κ2) is 10.6. The summed E-state index contributed by atoms with van der Waals surface area (Å²) in [6, 6.07) is 12.7. The highest BCUT2D eigenvalue weighted by molar-refractivity contribution is 8.00. The van der Waals surface area contributed by atoms with E-state index in [0.717, 1.165) is 23.9 Å². The molecule has 1 saturated heterocycles. The zero-order chi connectivity index (χ0) is 20.6. The van der Waals surface area contributed by atoms with Crippen molar-refractivity contribution in [1.29, 1.82) is 0 Å². The normalized spacial score (nSPS) is 14.6. The first-order chi connectivity index (χ1) is 14.0. The minimum absolute atomic E-state index is 0.128. The van der Waals surface area contributed by atoms with E-state index in [1.165, 1.54) is 50.9 Å². The number of Topliss-reactive ketones (excluding diaryl/α,β-unsaturated/α-hetero) is 1. The molecule has 0 aliphatic carbocycles. The molecule has 1 amide bonds. The summed E-state index contributed by atoms with van der Waals surface area (Å²) < 4.78 is 14.0. The summed E-state index contributed by atoms with van der Waals surface area (Å²) in [7, 11) is 0. The monoisotopic (exact) mass is 414 g/mol. The van der Waals surface area contributed by atoms with E-state index in [4.69, 9.17) is 0 Å². The molecule has 0 aromatic heterocycles. The fourth-order valence-electron chi connectivity index (χ4n) is 3.37. The number of likely N-dealkylation sites (tertiary alicyclic amines) is 1. The van der Waals surface area contributed by atoms with E-state index >= 15 is 0 Å². The average molecular weight is 415 g/mol. The molecule has 4 nitrogen and oxygen atoms in total. The van der Waals surface area contributed by atoms with E-state index in [1.54, 1.807) is 12.1 Å². The number of rotatable bonds is 8. The van der Waals surface area contributed by atoms with Crippen LogP contribution in [0.25, 0.3) is 0 Å². The number of piperidine rings is 1. The van der Waals surface area contributed by atoms with Gasteiger partial charge in [-0.3, -0.25) is 14.5 Å². The molecule has 154 valence electrons. The lowest BCUT2D eigenvalue weighted by atomic mass is 10.1. The number of carbonyl (C=O) groups is 2. The molecule has 0 radical (unpaired) electrons. The predicted octanol–water partition coefficient (Wildman–Crippen LogP) is 4.42. The summed E-state index contributed by atoms with van der Waals surface area (Å²) in [5, 5.41) is 2.87. The maximum absolute atomic E-state index is 14.0. The molecule has 0 unspecified atom stereocenters. The Bertz CT molecular complexity index is 848. The Hall–Kier alpha value is -2.18. The smallest absolute Gasteiger partial charge is 0.230 e. The highest BCUT2D eigenvalue weighted by Gasteiger charge is 2.11. The minimum atomic E-state index is -0.472. The van der Waals surface area contributed by atoms with Gasteiger partial charge in [0.2, 0.25) is 5.91 Å². The number of hydrogen-bond donors (Lipinski definition) is 1. The largest absolute Gasteiger partial charge is 0.351 e. The van der Waals surface area contributed by atoms with Crippen LogP contribution in [0.15, 0.2) is 47.4 Å². The topological polar surface area (TPSA) is 49.4 Å². The van der Waals surface area contributed by atoms with Crippen LogP contribution in [0.5, 0.6) is 0 Å². The van der Waals surface area contributed by atoms with Gasteiger partial charge < -0.3 is 5.32 Å². The number of thioether (sulfide) groups is 1. The first-order valence-corrected chi connectivity index (χ1v) is 11.0. The van der Waals surface area contributed by atoms with Gasteiger partial charge in [0.25, 0.3) is 0 Å². The number of benzene rings is 2. The molecule has 6 heteroatoms. The summed E-state index contributed by atoms with van der Waals surface area (Å²) >= 11 is 1.13. The Morgan fingerprint density at radius 1 is 1.03 bits per heavy atom. The molecule has 1 aliphatic rings. The van der Waals surface area contributed by atoms with Crippen LogP contribution < -0.4 is 5.32 Å². The molecule has 1 N–H and O–H groups in total. The molecule has 3 rings (SSSR count). The SMILES string of the molecule is CC(=O)c1ccc(SCC(=O)NCc2ccc(CN3CCCCC3)cc2)c(F)c1. The Balaban J connectivity index is 1.42. The second-order valence-corrected chi connectivity index (χ2v) is 8.44. The molecule has 1 fully saturated rings. The second-order valence-electron chi connectivity index (χ2n) is 7.42. The molecule has 0 spiro atoms.